The molecule has 5 heteroatoms. The average molecular weight is 454 g/mol. The second-order valence-electron chi connectivity index (χ2n) is 7.73. The molecule has 0 aliphatic rings. The zero-order valence-corrected chi connectivity index (χ0v) is 19.8. The SMILES string of the molecule is CCCCCCCC/C=C\CCCCCCCC(=O)Nc1ccccc1C(=O)O.[Cr]. The monoisotopic (exact) mass is 453 g/mol. The van der Waals surface area contributed by atoms with Gasteiger partial charge in [0.15, 0.2) is 0 Å². The zero-order chi connectivity index (χ0) is 21.2. The molecule has 0 saturated heterocycles. The molecule has 168 valence electrons. The van der Waals surface area contributed by atoms with Crippen molar-refractivity contribution >= 4 is 17.6 Å². The van der Waals surface area contributed by atoms with Gasteiger partial charge < -0.3 is 10.4 Å². The summed E-state index contributed by atoms with van der Waals surface area (Å²) in [6.45, 7) is 2.25. The molecule has 0 heterocycles. The van der Waals surface area contributed by atoms with Crippen molar-refractivity contribution < 1.29 is 32.1 Å². The van der Waals surface area contributed by atoms with Crippen LogP contribution in [-0.4, -0.2) is 17.0 Å². The molecule has 0 radical (unpaired) electrons. The van der Waals surface area contributed by atoms with Crippen molar-refractivity contribution in [3.63, 3.8) is 0 Å². The summed E-state index contributed by atoms with van der Waals surface area (Å²) in [4.78, 5) is 23.2. The second-order valence-corrected chi connectivity index (χ2v) is 7.73. The van der Waals surface area contributed by atoms with Crippen LogP contribution in [0.2, 0.25) is 0 Å². The quantitative estimate of drug-likeness (QED) is 0.191. The Morgan fingerprint density at radius 2 is 1.37 bits per heavy atom. The molecule has 0 aliphatic heterocycles. The van der Waals surface area contributed by atoms with E-state index in [0.29, 0.717) is 12.1 Å². The maximum absolute atomic E-state index is 12.0. The van der Waals surface area contributed by atoms with Crippen molar-refractivity contribution in [1.29, 1.82) is 0 Å². The Labute approximate surface area is 193 Å². The van der Waals surface area contributed by atoms with Crippen molar-refractivity contribution in [3.8, 4) is 0 Å². The van der Waals surface area contributed by atoms with Crippen molar-refractivity contribution in [2.24, 2.45) is 0 Å². The summed E-state index contributed by atoms with van der Waals surface area (Å²) in [5.41, 5.74) is 0.503. The number of aromatic carboxylic acids is 1. The minimum Gasteiger partial charge on any atom is -0.478 e. The van der Waals surface area contributed by atoms with E-state index in [4.69, 9.17) is 5.11 Å². The molecule has 0 aliphatic carbocycles. The fraction of sp³-hybridized carbons (Fsp3) is 0.600. The van der Waals surface area contributed by atoms with Gasteiger partial charge in [0, 0.05) is 23.8 Å². The first-order chi connectivity index (χ1) is 14.1. The van der Waals surface area contributed by atoms with Gasteiger partial charge in [-0.1, -0.05) is 82.6 Å². The van der Waals surface area contributed by atoms with Gasteiger partial charge in [-0.05, 0) is 44.2 Å². The number of carbonyl (C=O) groups excluding carboxylic acids is 1. The number of carboxylic acids is 1. The van der Waals surface area contributed by atoms with Gasteiger partial charge in [-0.15, -0.1) is 0 Å². The number of unbranched alkanes of at least 4 members (excludes halogenated alkanes) is 11. The summed E-state index contributed by atoms with van der Waals surface area (Å²) < 4.78 is 0. The van der Waals surface area contributed by atoms with E-state index in [-0.39, 0.29) is 28.8 Å². The number of anilines is 1. The van der Waals surface area contributed by atoms with E-state index in [1.165, 1.54) is 63.9 Å². The molecule has 30 heavy (non-hydrogen) atoms. The summed E-state index contributed by atoms with van der Waals surface area (Å²) in [5.74, 6) is -1.14. The Morgan fingerprint density at radius 1 is 0.833 bits per heavy atom. The molecule has 0 saturated carbocycles. The van der Waals surface area contributed by atoms with Gasteiger partial charge in [0.05, 0.1) is 11.3 Å². The normalized spacial score (nSPS) is 10.7. The smallest absolute Gasteiger partial charge is 0.337 e. The number of nitrogens with one attached hydrogen (secondary N) is 1. The number of carboxylic acid groups (broad SMARTS) is 1. The Hall–Kier alpha value is -1.57. The molecule has 1 amide bonds. The predicted octanol–water partition coefficient (Wildman–Crippen LogP) is 7.36. The van der Waals surface area contributed by atoms with Crippen molar-refractivity contribution in [1.82, 2.24) is 0 Å². The van der Waals surface area contributed by atoms with E-state index in [9.17, 15) is 9.59 Å². The second kappa shape index (κ2) is 19.4. The minimum atomic E-state index is -1.03. The third kappa shape index (κ3) is 14.4. The number of carbonyl (C=O) groups is 2. The molecule has 1 aromatic carbocycles. The van der Waals surface area contributed by atoms with Crippen LogP contribution in [0.3, 0.4) is 0 Å². The molecule has 0 unspecified atom stereocenters. The predicted molar refractivity (Wildman–Crippen MR) is 121 cm³/mol. The van der Waals surface area contributed by atoms with Crippen molar-refractivity contribution in [2.75, 3.05) is 5.32 Å². The van der Waals surface area contributed by atoms with E-state index < -0.39 is 5.97 Å². The van der Waals surface area contributed by atoms with Gasteiger partial charge >= 0.3 is 5.97 Å². The molecule has 0 spiro atoms. The van der Waals surface area contributed by atoms with Crippen LogP contribution in [0, 0.1) is 0 Å². The Bertz CT molecular complexity index is 616. The molecular formula is C25H39CrNO3. The molecule has 0 aromatic heterocycles. The van der Waals surface area contributed by atoms with Gasteiger partial charge in [-0.3, -0.25) is 4.79 Å². The fourth-order valence-electron chi connectivity index (χ4n) is 3.35. The average Bonchev–Trinajstić information content (AvgIpc) is 2.71. The zero-order valence-electron chi connectivity index (χ0n) is 18.5. The van der Waals surface area contributed by atoms with Crippen LogP contribution in [0.25, 0.3) is 0 Å². The van der Waals surface area contributed by atoms with Gasteiger partial charge in [-0.25, -0.2) is 4.79 Å². The van der Waals surface area contributed by atoms with E-state index >= 15 is 0 Å². The largest absolute Gasteiger partial charge is 0.478 e. The maximum atomic E-state index is 12.0. The Balaban J connectivity index is 0.00000841. The van der Waals surface area contributed by atoms with Crippen LogP contribution in [0.15, 0.2) is 36.4 Å². The molecule has 0 fully saturated rings. The van der Waals surface area contributed by atoms with E-state index in [1.54, 1.807) is 18.2 Å². The van der Waals surface area contributed by atoms with Gasteiger partial charge in [0.25, 0.3) is 0 Å². The summed E-state index contributed by atoms with van der Waals surface area (Å²) in [7, 11) is 0. The number of hydrogen-bond acceptors (Lipinski definition) is 2. The summed E-state index contributed by atoms with van der Waals surface area (Å²) in [5, 5.41) is 11.9. The number of allylic oxidation sites excluding steroid dienone is 2. The number of amides is 1. The summed E-state index contributed by atoms with van der Waals surface area (Å²) in [6.07, 6.45) is 21.0. The van der Waals surface area contributed by atoms with Gasteiger partial charge in [0.1, 0.15) is 0 Å². The van der Waals surface area contributed by atoms with Crippen molar-refractivity contribution in [3.05, 3.63) is 42.0 Å². The molecule has 0 atom stereocenters. The number of benzene rings is 1. The van der Waals surface area contributed by atoms with E-state index in [1.807, 2.05) is 0 Å². The Kier molecular flexibility index (Phi) is 18.4. The van der Waals surface area contributed by atoms with Gasteiger partial charge in [0.2, 0.25) is 5.91 Å². The minimum absolute atomic E-state index is 0. The van der Waals surface area contributed by atoms with E-state index in [2.05, 4.69) is 24.4 Å². The first-order valence-electron chi connectivity index (χ1n) is 11.4. The number of rotatable bonds is 17. The molecule has 2 N–H and O–H groups in total. The fourth-order valence-corrected chi connectivity index (χ4v) is 3.35. The third-order valence-corrected chi connectivity index (χ3v) is 5.10. The Morgan fingerprint density at radius 3 is 1.97 bits per heavy atom. The summed E-state index contributed by atoms with van der Waals surface area (Å²) in [6, 6.07) is 6.51. The van der Waals surface area contributed by atoms with Crippen LogP contribution >= 0.6 is 0 Å². The maximum Gasteiger partial charge on any atom is 0.337 e. The first kappa shape index (κ1) is 28.4. The van der Waals surface area contributed by atoms with Crippen LogP contribution in [0.1, 0.15) is 107 Å². The number of hydrogen-bond donors (Lipinski definition) is 2. The number of para-hydroxylation sites is 1. The summed E-state index contributed by atoms with van der Waals surface area (Å²) >= 11 is 0. The van der Waals surface area contributed by atoms with Gasteiger partial charge in [-0.2, -0.15) is 0 Å². The molecule has 1 rings (SSSR count). The standard InChI is InChI=1S/C25H39NO3.Cr/c1-2-3-4-5-6-7-8-9-10-11-12-13-14-15-16-21-24(27)26-23-20-18-17-19-22(23)25(28)29;/h9-10,17-20H,2-8,11-16,21H2,1H3,(H,26,27)(H,28,29);/b10-9-;. The van der Waals surface area contributed by atoms with Crippen LogP contribution in [-0.2, 0) is 22.2 Å². The van der Waals surface area contributed by atoms with Crippen LogP contribution < -0.4 is 5.32 Å². The van der Waals surface area contributed by atoms with Crippen molar-refractivity contribution in [2.45, 2.75) is 96.8 Å². The first-order valence-corrected chi connectivity index (χ1v) is 11.4. The molecule has 4 nitrogen and oxygen atoms in total. The van der Waals surface area contributed by atoms with E-state index in [0.717, 1.165) is 25.7 Å². The molecule has 0 bridgehead atoms. The third-order valence-electron chi connectivity index (χ3n) is 5.10. The van der Waals surface area contributed by atoms with Crippen LogP contribution in [0.5, 0.6) is 0 Å². The topological polar surface area (TPSA) is 66.4 Å². The van der Waals surface area contributed by atoms with Crippen LogP contribution in [0.4, 0.5) is 5.69 Å². The molecular weight excluding hydrogens is 414 g/mol. The molecule has 1 aromatic rings.